The molecule has 44 heavy (non-hydrogen) atoms. The van der Waals surface area contributed by atoms with Gasteiger partial charge in [0.2, 0.25) is 5.95 Å². The number of nitrogens with zero attached hydrogens (tertiary/aromatic N) is 4. The Labute approximate surface area is 257 Å². The molecule has 0 bridgehead atoms. The zero-order chi connectivity index (χ0) is 30.0. The fourth-order valence-corrected chi connectivity index (χ4v) is 5.64. The number of amides is 2. The summed E-state index contributed by atoms with van der Waals surface area (Å²) in [6, 6.07) is 23.2. The molecule has 4 aromatic rings. The van der Waals surface area contributed by atoms with Gasteiger partial charge in [-0.3, -0.25) is 9.59 Å². The number of aromatic nitrogens is 2. The molecule has 2 amide bonds. The van der Waals surface area contributed by atoms with E-state index in [2.05, 4.69) is 37.9 Å². The lowest BCUT2D eigenvalue weighted by Gasteiger charge is -2.32. The third kappa shape index (κ3) is 5.91. The maximum Gasteiger partial charge on any atom is 0.258 e. The lowest BCUT2D eigenvalue weighted by molar-refractivity contribution is -0.110. The van der Waals surface area contributed by atoms with Gasteiger partial charge in [-0.2, -0.15) is 0 Å². The van der Waals surface area contributed by atoms with Crippen LogP contribution in [0.3, 0.4) is 0 Å². The highest BCUT2D eigenvalue weighted by atomic mass is 16.2. The minimum atomic E-state index is -0.179. The SMILES string of the molecule is CN1CCN(C(=O)c2ccc(N/C(=C3\C(=O)Nc4cc(-c5cnc(NCC6CC6)nc5)ccc43)c3ccccc3)cc2)CC1. The molecule has 3 heterocycles. The monoisotopic (exact) mass is 585 g/mol. The first kappa shape index (κ1) is 27.8. The first-order chi connectivity index (χ1) is 21.5. The van der Waals surface area contributed by atoms with Crippen molar-refractivity contribution >= 4 is 40.4 Å². The molecule has 9 nitrogen and oxygen atoms in total. The zero-order valence-electron chi connectivity index (χ0n) is 24.7. The van der Waals surface area contributed by atoms with Crippen molar-refractivity contribution in [2.75, 3.05) is 55.7 Å². The van der Waals surface area contributed by atoms with E-state index in [4.69, 9.17) is 0 Å². The van der Waals surface area contributed by atoms with Crippen LogP contribution in [0.25, 0.3) is 22.4 Å². The Balaban J connectivity index is 1.16. The number of benzene rings is 3. The largest absolute Gasteiger partial charge is 0.354 e. The minimum absolute atomic E-state index is 0.0424. The molecule has 1 saturated heterocycles. The number of anilines is 3. The third-order valence-electron chi connectivity index (χ3n) is 8.50. The summed E-state index contributed by atoms with van der Waals surface area (Å²) in [6.07, 6.45) is 6.17. The van der Waals surface area contributed by atoms with Crippen molar-refractivity contribution in [3.8, 4) is 11.1 Å². The lowest BCUT2D eigenvalue weighted by Crippen LogP contribution is -2.47. The summed E-state index contributed by atoms with van der Waals surface area (Å²) in [7, 11) is 2.07. The second kappa shape index (κ2) is 11.9. The summed E-state index contributed by atoms with van der Waals surface area (Å²) in [5.41, 5.74) is 6.94. The van der Waals surface area contributed by atoms with E-state index in [9.17, 15) is 9.59 Å². The number of carbonyl (C=O) groups is 2. The van der Waals surface area contributed by atoms with Crippen molar-refractivity contribution in [3.05, 3.63) is 102 Å². The molecule has 3 aromatic carbocycles. The molecule has 0 spiro atoms. The van der Waals surface area contributed by atoms with E-state index in [0.29, 0.717) is 22.8 Å². The van der Waals surface area contributed by atoms with Gasteiger partial charge in [0, 0.05) is 73.2 Å². The molecule has 9 heteroatoms. The number of nitrogens with one attached hydrogen (secondary N) is 3. The number of hydrogen-bond donors (Lipinski definition) is 3. The Bertz CT molecular complexity index is 1710. The summed E-state index contributed by atoms with van der Waals surface area (Å²) in [6.45, 7) is 4.12. The van der Waals surface area contributed by atoms with E-state index < -0.39 is 0 Å². The van der Waals surface area contributed by atoms with Crippen LogP contribution in [0.5, 0.6) is 0 Å². The first-order valence-electron chi connectivity index (χ1n) is 15.2. The van der Waals surface area contributed by atoms with Crippen LogP contribution in [-0.4, -0.2) is 71.4 Å². The standard InChI is InChI=1S/C35H35N7O2/c1-41-15-17-42(18-16-41)34(44)25-9-12-28(13-10-25)39-32(24-5-3-2-4-6-24)31-29-14-11-26(19-30(29)40-33(31)43)27-21-37-35(38-22-27)36-20-23-7-8-23/h2-6,9-14,19,21-23,39H,7-8,15-18,20H2,1H3,(H,40,43)(H,36,37,38)/b32-31-. The molecule has 0 atom stereocenters. The summed E-state index contributed by atoms with van der Waals surface area (Å²) >= 11 is 0. The number of carbonyl (C=O) groups excluding carboxylic acids is 2. The molecule has 3 N–H and O–H groups in total. The van der Waals surface area contributed by atoms with Gasteiger partial charge in [-0.15, -0.1) is 0 Å². The predicted molar refractivity (Wildman–Crippen MR) is 174 cm³/mol. The van der Waals surface area contributed by atoms with E-state index >= 15 is 0 Å². The molecule has 2 fully saturated rings. The maximum absolute atomic E-state index is 13.5. The Kier molecular flexibility index (Phi) is 7.54. The second-order valence-electron chi connectivity index (χ2n) is 11.7. The summed E-state index contributed by atoms with van der Waals surface area (Å²) < 4.78 is 0. The van der Waals surface area contributed by atoms with Crippen molar-refractivity contribution < 1.29 is 9.59 Å². The maximum atomic E-state index is 13.5. The molecule has 0 unspecified atom stereocenters. The van der Waals surface area contributed by atoms with Gasteiger partial charge < -0.3 is 25.8 Å². The summed E-state index contributed by atoms with van der Waals surface area (Å²) in [4.78, 5) is 39.7. The van der Waals surface area contributed by atoms with Gasteiger partial charge >= 0.3 is 0 Å². The quantitative estimate of drug-likeness (QED) is 0.242. The van der Waals surface area contributed by atoms with E-state index in [1.165, 1.54) is 12.8 Å². The Hall–Kier alpha value is -5.02. The zero-order valence-corrected chi connectivity index (χ0v) is 24.7. The predicted octanol–water partition coefficient (Wildman–Crippen LogP) is 5.29. The van der Waals surface area contributed by atoms with Crippen molar-refractivity contribution in [3.63, 3.8) is 0 Å². The topological polar surface area (TPSA) is 102 Å². The molecule has 1 saturated carbocycles. The van der Waals surface area contributed by atoms with Crippen molar-refractivity contribution in [2.24, 2.45) is 5.92 Å². The van der Waals surface area contributed by atoms with E-state index in [1.54, 1.807) is 0 Å². The third-order valence-corrected chi connectivity index (χ3v) is 8.50. The van der Waals surface area contributed by atoms with Crippen LogP contribution in [0.1, 0.15) is 34.3 Å². The molecule has 7 rings (SSSR count). The number of fused-ring (bicyclic) bond motifs is 1. The number of rotatable bonds is 8. The molecule has 0 radical (unpaired) electrons. The Morgan fingerprint density at radius 3 is 2.32 bits per heavy atom. The fraction of sp³-hybridized carbons (Fsp3) is 0.257. The van der Waals surface area contributed by atoms with Gasteiger partial charge in [0.25, 0.3) is 11.8 Å². The summed E-state index contributed by atoms with van der Waals surface area (Å²) in [5, 5.41) is 9.86. The smallest absolute Gasteiger partial charge is 0.258 e. The molecule has 222 valence electrons. The van der Waals surface area contributed by atoms with Gasteiger partial charge in [-0.1, -0.05) is 42.5 Å². The van der Waals surface area contributed by atoms with Crippen molar-refractivity contribution in [1.29, 1.82) is 0 Å². The van der Waals surface area contributed by atoms with Crippen LogP contribution in [0, 0.1) is 5.92 Å². The molecule has 3 aliphatic rings. The number of likely N-dealkylation sites (N-methyl/N-ethyl adjacent to an activating group) is 1. The molecular formula is C35H35N7O2. The van der Waals surface area contributed by atoms with Crippen LogP contribution >= 0.6 is 0 Å². The minimum Gasteiger partial charge on any atom is -0.354 e. The first-order valence-corrected chi connectivity index (χ1v) is 15.2. The normalized spacial score (nSPS) is 17.6. The highest BCUT2D eigenvalue weighted by molar-refractivity contribution is 6.37. The van der Waals surface area contributed by atoms with E-state index in [-0.39, 0.29) is 11.8 Å². The average Bonchev–Trinajstić information content (AvgIpc) is 3.84. The van der Waals surface area contributed by atoms with Gasteiger partial charge in [0.1, 0.15) is 0 Å². The highest BCUT2D eigenvalue weighted by Crippen LogP contribution is 2.39. The second-order valence-corrected chi connectivity index (χ2v) is 11.7. The average molecular weight is 586 g/mol. The molecule has 1 aliphatic carbocycles. The van der Waals surface area contributed by atoms with Crippen LogP contribution in [-0.2, 0) is 4.79 Å². The lowest BCUT2D eigenvalue weighted by atomic mass is 9.98. The van der Waals surface area contributed by atoms with E-state index in [0.717, 1.165) is 72.3 Å². The Morgan fingerprint density at radius 1 is 0.886 bits per heavy atom. The number of hydrogen-bond acceptors (Lipinski definition) is 7. The molecule has 1 aromatic heterocycles. The summed E-state index contributed by atoms with van der Waals surface area (Å²) in [5.74, 6) is 1.24. The molecule has 2 aliphatic heterocycles. The van der Waals surface area contributed by atoms with Crippen LogP contribution in [0.4, 0.5) is 17.3 Å². The van der Waals surface area contributed by atoms with Gasteiger partial charge in [-0.25, -0.2) is 9.97 Å². The van der Waals surface area contributed by atoms with Gasteiger partial charge in [0.15, 0.2) is 0 Å². The molecular weight excluding hydrogens is 550 g/mol. The van der Waals surface area contributed by atoms with Crippen LogP contribution in [0.15, 0.2) is 85.2 Å². The Morgan fingerprint density at radius 2 is 1.61 bits per heavy atom. The van der Waals surface area contributed by atoms with Crippen LogP contribution < -0.4 is 16.0 Å². The fourth-order valence-electron chi connectivity index (χ4n) is 5.64. The number of piperazine rings is 1. The van der Waals surface area contributed by atoms with Crippen molar-refractivity contribution in [1.82, 2.24) is 19.8 Å². The highest BCUT2D eigenvalue weighted by Gasteiger charge is 2.29. The van der Waals surface area contributed by atoms with Gasteiger partial charge in [-0.05, 0) is 67.3 Å². The van der Waals surface area contributed by atoms with E-state index in [1.807, 2.05) is 90.1 Å². The van der Waals surface area contributed by atoms with Crippen LogP contribution in [0.2, 0.25) is 0 Å². The van der Waals surface area contributed by atoms with Crippen molar-refractivity contribution in [2.45, 2.75) is 12.8 Å². The van der Waals surface area contributed by atoms with Gasteiger partial charge in [0.05, 0.1) is 11.3 Å².